The van der Waals surface area contributed by atoms with Crippen LogP contribution in [0.15, 0.2) is 12.3 Å². The van der Waals surface area contributed by atoms with Crippen molar-refractivity contribution in [2.24, 2.45) is 5.92 Å². The van der Waals surface area contributed by atoms with Gasteiger partial charge < -0.3 is 10.4 Å². The van der Waals surface area contributed by atoms with Gasteiger partial charge in [-0.05, 0) is 38.7 Å². The molecule has 1 unspecified atom stereocenters. The highest BCUT2D eigenvalue weighted by Gasteiger charge is 2.29. The van der Waals surface area contributed by atoms with Crippen molar-refractivity contribution in [1.82, 2.24) is 15.1 Å². The fraction of sp³-hybridized carbons (Fsp3) is 0.750. The summed E-state index contributed by atoms with van der Waals surface area (Å²) in [6.07, 6.45) is 4.20. The van der Waals surface area contributed by atoms with Crippen LogP contribution in [0, 0.1) is 5.92 Å². The molecule has 1 atom stereocenters. The molecule has 1 aromatic heterocycles. The SMILES string of the molecule is CC(C)n1ccc(CNCC(O)C2CC2)n1. The number of aliphatic hydroxyl groups is 1. The van der Waals surface area contributed by atoms with E-state index in [1.165, 1.54) is 12.8 Å². The van der Waals surface area contributed by atoms with Gasteiger partial charge in [0.25, 0.3) is 0 Å². The molecule has 1 aliphatic rings. The molecule has 1 aliphatic carbocycles. The Morgan fingerprint density at radius 2 is 2.31 bits per heavy atom. The maximum Gasteiger partial charge on any atom is 0.0762 e. The zero-order valence-electron chi connectivity index (χ0n) is 10.1. The Hall–Kier alpha value is -0.870. The monoisotopic (exact) mass is 223 g/mol. The summed E-state index contributed by atoms with van der Waals surface area (Å²) in [5.74, 6) is 0.542. The molecule has 1 saturated carbocycles. The summed E-state index contributed by atoms with van der Waals surface area (Å²) in [4.78, 5) is 0. The quantitative estimate of drug-likeness (QED) is 0.765. The summed E-state index contributed by atoms with van der Waals surface area (Å²) in [5.41, 5.74) is 1.04. The van der Waals surface area contributed by atoms with Crippen molar-refractivity contribution in [2.45, 2.75) is 45.4 Å². The lowest BCUT2D eigenvalue weighted by atomic mass is 10.2. The Kier molecular flexibility index (Phi) is 3.61. The van der Waals surface area contributed by atoms with Crippen LogP contribution in [0.5, 0.6) is 0 Å². The molecule has 1 heterocycles. The maximum absolute atomic E-state index is 9.67. The molecule has 0 amide bonds. The van der Waals surface area contributed by atoms with E-state index in [1.807, 2.05) is 16.9 Å². The summed E-state index contributed by atoms with van der Waals surface area (Å²) in [5, 5.41) is 17.4. The fourth-order valence-corrected chi connectivity index (χ4v) is 1.76. The van der Waals surface area contributed by atoms with Gasteiger partial charge in [0, 0.05) is 25.3 Å². The maximum atomic E-state index is 9.67. The second-order valence-corrected chi connectivity index (χ2v) is 4.92. The zero-order valence-corrected chi connectivity index (χ0v) is 10.1. The van der Waals surface area contributed by atoms with Crippen molar-refractivity contribution in [2.75, 3.05) is 6.54 Å². The van der Waals surface area contributed by atoms with Gasteiger partial charge in [0.15, 0.2) is 0 Å². The molecule has 0 radical (unpaired) electrons. The van der Waals surface area contributed by atoms with Crippen LogP contribution in [0.1, 0.15) is 38.4 Å². The third kappa shape index (κ3) is 3.06. The van der Waals surface area contributed by atoms with Crippen LogP contribution in [0.3, 0.4) is 0 Å². The average molecular weight is 223 g/mol. The van der Waals surface area contributed by atoms with E-state index in [0.29, 0.717) is 18.5 Å². The number of aromatic nitrogens is 2. The van der Waals surface area contributed by atoms with Crippen molar-refractivity contribution < 1.29 is 5.11 Å². The molecule has 1 aromatic rings. The highest BCUT2D eigenvalue weighted by molar-refractivity contribution is 4.99. The average Bonchev–Trinajstić information content (AvgIpc) is 2.98. The number of rotatable bonds is 6. The number of nitrogens with zero attached hydrogens (tertiary/aromatic N) is 2. The predicted octanol–water partition coefficient (Wildman–Crippen LogP) is 1.32. The van der Waals surface area contributed by atoms with Gasteiger partial charge in [-0.3, -0.25) is 4.68 Å². The summed E-state index contributed by atoms with van der Waals surface area (Å²) in [6, 6.07) is 2.43. The second kappa shape index (κ2) is 4.97. The largest absolute Gasteiger partial charge is 0.392 e. The first-order chi connectivity index (χ1) is 7.66. The Morgan fingerprint density at radius 3 is 2.88 bits per heavy atom. The molecule has 0 aromatic carbocycles. The molecule has 90 valence electrons. The highest BCUT2D eigenvalue weighted by Crippen LogP contribution is 2.32. The van der Waals surface area contributed by atoms with Gasteiger partial charge in [-0.2, -0.15) is 5.10 Å². The van der Waals surface area contributed by atoms with Gasteiger partial charge in [-0.25, -0.2) is 0 Å². The van der Waals surface area contributed by atoms with Crippen molar-refractivity contribution in [1.29, 1.82) is 0 Å². The Balaban J connectivity index is 1.71. The Bertz CT molecular complexity index is 331. The van der Waals surface area contributed by atoms with Gasteiger partial charge in [0.05, 0.1) is 11.8 Å². The van der Waals surface area contributed by atoms with Crippen LogP contribution < -0.4 is 5.32 Å². The van der Waals surface area contributed by atoms with Crippen molar-refractivity contribution in [3.63, 3.8) is 0 Å². The minimum atomic E-state index is -0.174. The molecule has 0 bridgehead atoms. The number of hydrogen-bond donors (Lipinski definition) is 2. The minimum absolute atomic E-state index is 0.174. The van der Waals surface area contributed by atoms with E-state index in [2.05, 4.69) is 24.3 Å². The first-order valence-electron chi connectivity index (χ1n) is 6.09. The molecule has 0 spiro atoms. The van der Waals surface area contributed by atoms with Crippen molar-refractivity contribution in [3.8, 4) is 0 Å². The normalized spacial score (nSPS) is 18.0. The van der Waals surface area contributed by atoms with E-state index in [1.54, 1.807) is 0 Å². The molecule has 2 rings (SSSR count). The van der Waals surface area contributed by atoms with E-state index >= 15 is 0 Å². The summed E-state index contributed by atoms with van der Waals surface area (Å²) < 4.78 is 1.95. The third-order valence-electron chi connectivity index (χ3n) is 3.02. The van der Waals surface area contributed by atoms with Gasteiger partial charge in [0.1, 0.15) is 0 Å². The van der Waals surface area contributed by atoms with Crippen LogP contribution in [0.2, 0.25) is 0 Å². The van der Waals surface area contributed by atoms with Crippen LogP contribution in [0.4, 0.5) is 0 Å². The van der Waals surface area contributed by atoms with Crippen LogP contribution >= 0.6 is 0 Å². The Labute approximate surface area is 96.7 Å². The zero-order chi connectivity index (χ0) is 11.5. The van der Waals surface area contributed by atoms with E-state index < -0.39 is 0 Å². The molecular weight excluding hydrogens is 202 g/mol. The third-order valence-corrected chi connectivity index (χ3v) is 3.02. The van der Waals surface area contributed by atoms with Crippen molar-refractivity contribution >= 4 is 0 Å². The summed E-state index contributed by atoms with van der Waals surface area (Å²) in [7, 11) is 0. The Morgan fingerprint density at radius 1 is 1.56 bits per heavy atom. The highest BCUT2D eigenvalue weighted by atomic mass is 16.3. The van der Waals surface area contributed by atoms with Crippen LogP contribution in [-0.2, 0) is 6.54 Å². The molecule has 4 nitrogen and oxygen atoms in total. The van der Waals surface area contributed by atoms with E-state index in [0.717, 1.165) is 12.2 Å². The first-order valence-corrected chi connectivity index (χ1v) is 6.09. The number of aliphatic hydroxyl groups excluding tert-OH is 1. The standard InChI is InChI=1S/C12H21N3O/c1-9(2)15-6-5-11(14-15)7-13-8-12(16)10-3-4-10/h5-6,9-10,12-13,16H,3-4,7-8H2,1-2H3. The van der Waals surface area contributed by atoms with Crippen LogP contribution in [-0.4, -0.2) is 27.5 Å². The summed E-state index contributed by atoms with van der Waals surface area (Å²) in [6.45, 7) is 5.64. The molecule has 0 aliphatic heterocycles. The predicted molar refractivity (Wildman–Crippen MR) is 63.0 cm³/mol. The molecular formula is C12H21N3O. The second-order valence-electron chi connectivity index (χ2n) is 4.92. The van der Waals surface area contributed by atoms with Gasteiger partial charge in [-0.1, -0.05) is 0 Å². The van der Waals surface area contributed by atoms with Crippen molar-refractivity contribution in [3.05, 3.63) is 18.0 Å². The molecule has 2 N–H and O–H groups in total. The molecule has 16 heavy (non-hydrogen) atoms. The molecule has 4 heteroatoms. The number of hydrogen-bond acceptors (Lipinski definition) is 3. The smallest absolute Gasteiger partial charge is 0.0762 e. The molecule has 1 fully saturated rings. The van der Waals surface area contributed by atoms with E-state index in [9.17, 15) is 5.11 Å². The van der Waals surface area contributed by atoms with E-state index in [-0.39, 0.29) is 6.10 Å². The van der Waals surface area contributed by atoms with Gasteiger partial charge >= 0.3 is 0 Å². The summed E-state index contributed by atoms with van der Waals surface area (Å²) >= 11 is 0. The topological polar surface area (TPSA) is 50.1 Å². The van der Waals surface area contributed by atoms with Gasteiger partial charge in [-0.15, -0.1) is 0 Å². The first kappa shape index (κ1) is 11.6. The lowest BCUT2D eigenvalue weighted by molar-refractivity contribution is 0.148. The minimum Gasteiger partial charge on any atom is -0.392 e. The van der Waals surface area contributed by atoms with E-state index in [4.69, 9.17) is 0 Å². The molecule has 0 saturated heterocycles. The lowest BCUT2D eigenvalue weighted by Crippen LogP contribution is -2.28. The lowest BCUT2D eigenvalue weighted by Gasteiger charge is -2.09. The van der Waals surface area contributed by atoms with Crippen LogP contribution in [0.25, 0.3) is 0 Å². The van der Waals surface area contributed by atoms with Gasteiger partial charge in [0.2, 0.25) is 0 Å². The number of nitrogens with one attached hydrogen (secondary N) is 1. The fourth-order valence-electron chi connectivity index (χ4n) is 1.76.